The topological polar surface area (TPSA) is 105 Å². The Hall–Kier alpha value is -3.21. The van der Waals surface area contributed by atoms with Crippen molar-refractivity contribution in [2.24, 2.45) is 5.10 Å². The smallest absolute Gasteiger partial charge is 0.350 e. The fourth-order valence-electron chi connectivity index (χ4n) is 4.04. The van der Waals surface area contributed by atoms with E-state index in [0.717, 1.165) is 50.0 Å². The Morgan fingerprint density at radius 2 is 1.94 bits per heavy atom. The monoisotopic (exact) mass is 511 g/mol. The van der Waals surface area contributed by atoms with Crippen LogP contribution in [0.4, 0.5) is 0 Å². The van der Waals surface area contributed by atoms with Crippen LogP contribution in [0, 0.1) is 0 Å². The minimum atomic E-state index is -0.605. The molecule has 9 nitrogen and oxygen atoms in total. The molecule has 0 unspecified atom stereocenters. The van der Waals surface area contributed by atoms with E-state index in [1.165, 1.54) is 6.21 Å². The lowest BCUT2D eigenvalue weighted by molar-refractivity contribution is 0.0339. The van der Waals surface area contributed by atoms with E-state index >= 15 is 0 Å². The molecule has 0 spiro atoms. The van der Waals surface area contributed by atoms with Gasteiger partial charge in [-0.1, -0.05) is 15.9 Å². The quantitative estimate of drug-likeness (QED) is 0.400. The highest BCUT2D eigenvalue weighted by Gasteiger charge is 2.15. The predicted molar refractivity (Wildman–Crippen MR) is 130 cm³/mol. The van der Waals surface area contributed by atoms with Crippen LogP contribution < -0.4 is 16.0 Å². The first-order chi connectivity index (χ1) is 16.0. The molecule has 1 aliphatic rings. The molecular weight excluding hydrogens is 490 g/mol. The Morgan fingerprint density at radius 1 is 1.12 bits per heavy atom. The lowest BCUT2D eigenvalue weighted by atomic mass is 10.1. The summed E-state index contributed by atoms with van der Waals surface area (Å²) >= 11 is 3.42. The van der Waals surface area contributed by atoms with Crippen LogP contribution in [-0.2, 0) is 11.3 Å². The molecule has 33 heavy (non-hydrogen) atoms. The minimum absolute atomic E-state index is 0.294. The van der Waals surface area contributed by atoms with Crippen LogP contribution in [0.5, 0.6) is 5.75 Å². The van der Waals surface area contributed by atoms with Crippen molar-refractivity contribution in [1.29, 1.82) is 0 Å². The summed E-state index contributed by atoms with van der Waals surface area (Å²) in [5.41, 5.74) is 2.15. The number of aromatic amines is 2. The maximum absolute atomic E-state index is 13.0. The zero-order chi connectivity index (χ0) is 22.9. The molecule has 1 saturated heterocycles. The van der Waals surface area contributed by atoms with Crippen LogP contribution in [-0.4, -0.2) is 59.2 Å². The number of morpholine rings is 1. The largest absolute Gasteiger partial charge is 0.496 e. The standard InChI is InChI=1S/C23H22BrN5O4/c1-32-19-5-2-14(10-15(19)13-28-6-8-33-9-7-28)12-25-29-22(30)21-20(27-23(29)31)17-11-16(24)3-4-18(17)26-21/h2-5,10-12,26H,6-9,13H2,1H3,(H,27,31). The summed E-state index contributed by atoms with van der Waals surface area (Å²) in [6.07, 6.45) is 1.50. The zero-order valence-electron chi connectivity index (χ0n) is 17.9. The van der Waals surface area contributed by atoms with Crippen LogP contribution in [0.1, 0.15) is 11.1 Å². The van der Waals surface area contributed by atoms with Gasteiger partial charge in [-0.05, 0) is 42.0 Å². The average Bonchev–Trinajstić information content (AvgIpc) is 3.17. The second kappa shape index (κ2) is 8.97. The Bertz CT molecular complexity index is 1480. The molecule has 0 bridgehead atoms. The van der Waals surface area contributed by atoms with Gasteiger partial charge < -0.3 is 19.4 Å². The Kier molecular flexibility index (Phi) is 5.88. The number of benzene rings is 2. The van der Waals surface area contributed by atoms with Crippen molar-refractivity contribution in [2.45, 2.75) is 6.54 Å². The second-order valence-electron chi connectivity index (χ2n) is 7.82. The van der Waals surface area contributed by atoms with Crippen LogP contribution in [0.3, 0.4) is 0 Å². The van der Waals surface area contributed by atoms with Crippen LogP contribution in [0.2, 0.25) is 0 Å². The molecule has 4 aromatic rings. The Labute approximate surface area is 196 Å². The molecule has 2 N–H and O–H groups in total. The van der Waals surface area contributed by atoms with Gasteiger partial charge in [0.2, 0.25) is 0 Å². The number of nitrogens with zero attached hydrogens (tertiary/aromatic N) is 3. The van der Waals surface area contributed by atoms with E-state index < -0.39 is 11.2 Å². The average molecular weight is 512 g/mol. The summed E-state index contributed by atoms with van der Waals surface area (Å²) < 4.78 is 12.6. The van der Waals surface area contributed by atoms with E-state index in [9.17, 15) is 9.59 Å². The molecule has 2 aromatic heterocycles. The normalized spacial score (nSPS) is 15.1. The number of ether oxygens (including phenoxy) is 2. The van der Waals surface area contributed by atoms with Gasteiger partial charge in [0, 0.05) is 40.6 Å². The number of H-pyrrole nitrogens is 2. The maximum atomic E-state index is 13.0. The van der Waals surface area contributed by atoms with Crippen molar-refractivity contribution in [1.82, 2.24) is 19.5 Å². The SMILES string of the molecule is COc1ccc(C=Nn2c(=O)[nH]c3c([nH]c4ccc(Br)cc43)c2=O)cc1CN1CCOCC1. The van der Waals surface area contributed by atoms with Gasteiger partial charge in [-0.15, -0.1) is 4.68 Å². The van der Waals surface area contributed by atoms with Gasteiger partial charge in [0.05, 0.1) is 32.1 Å². The van der Waals surface area contributed by atoms with E-state index in [4.69, 9.17) is 9.47 Å². The predicted octanol–water partition coefficient (Wildman–Crippen LogP) is 2.66. The van der Waals surface area contributed by atoms with E-state index in [-0.39, 0.29) is 0 Å². The van der Waals surface area contributed by atoms with Gasteiger partial charge in [0.15, 0.2) is 0 Å². The number of rotatable bonds is 5. The zero-order valence-corrected chi connectivity index (χ0v) is 19.5. The number of hydrogen-bond donors (Lipinski definition) is 2. The maximum Gasteiger partial charge on any atom is 0.350 e. The van der Waals surface area contributed by atoms with Crippen molar-refractivity contribution < 1.29 is 9.47 Å². The summed E-state index contributed by atoms with van der Waals surface area (Å²) in [4.78, 5) is 33.8. The van der Waals surface area contributed by atoms with Crippen molar-refractivity contribution in [3.05, 3.63) is 72.8 Å². The lowest BCUT2D eigenvalue weighted by Crippen LogP contribution is -2.35. The minimum Gasteiger partial charge on any atom is -0.496 e. The summed E-state index contributed by atoms with van der Waals surface area (Å²) in [6, 6.07) is 11.2. The van der Waals surface area contributed by atoms with E-state index in [1.54, 1.807) is 7.11 Å². The molecule has 0 aliphatic carbocycles. The number of halogens is 1. The molecule has 3 heterocycles. The third kappa shape index (κ3) is 4.24. The van der Waals surface area contributed by atoms with Crippen LogP contribution in [0.15, 0.2) is 55.6 Å². The van der Waals surface area contributed by atoms with Gasteiger partial charge in [-0.3, -0.25) is 9.69 Å². The molecule has 5 rings (SSSR count). The van der Waals surface area contributed by atoms with Crippen molar-refractivity contribution in [2.75, 3.05) is 33.4 Å². The summed E-state index contributed by atoms with van der Waals surface area (Å²) in [5, 5.41) is 4.95. The fourth-order valence-corrected chi connectivity index (χ4v) is 4.41. The van der Waals surface area contributed by atoms with Gasteiger partial charge in [-0.25, -0.2) is 4.79 Å². The van der Waals surface area contributed by atoms with Crippen molar-refractivity contribution >= 4 is 44.1 Å². The van der Waals surface area contributed by atoms with Gasteiger partial charge in [0.1, 0.15) is 11.3 Å². The van der Waals surface area contributed by atoms with Crippen molar-refractivity contribution in [3.8, 4) is 5.75 Å². The van der Waals surface area contributed by atoms with Crippen molar-refractivity contribution in [3.63, 3.8) is 0 Å². The third-order valence-corrected chi connectivity index (χ3v) is 6.21. The molecule has 10 heteroatoms. The summed E-state index contributed by atoms with van der Waals surface area (Å²) in [7, 11) is 1.64. The number of nitrogens with one attached hydrogen (secondary N) is 2. The highest BCUT2D eigenvalue weighted by Crippen LogP contribution is 2.24. The van der Waals surface area contributed by atoms with E-state index in [0.29, 0.717) is 30.8 Å². The molecule has 0 radical (unpaired) electrons. The Balaban J connectivity index is 1.50. The Morgan fingerprint density at radius 3 is 2.73 bits per heavy atom. The first kappa shape index (κ1) is 21.6. The molecule has 1 fully saturated rings. The van der Waals surface area contributed by atoms with Crippen LogP contribution >= 0.6 is 15.9 Å². The molecule has 1 aliphatic heterocycles. The van der Waals surface area contributed by atoms with Crippen LogP contribution in [0.25, 0.3) is 21.9 Å². The summed E-state index contributed by atoms with van der Waals surface area (Å²) in [5.74, 6) is 0.777. The van der Waals surface area contributed by atoms with E-state index in [1.807, 2.05) is 36.4 Å². The molecule has 170 valence electrons. The first-order valence-electron chi connectivity index (χ1n) is 10.5. The molecule has 0 atom stereocenters. The third-order valence-electron chi connectivity index (χ3n) is 5.72. The number of hydrogen-bond acceptors (Lipinski definition) is 6. The molecule has 2 aromatic carbocycles. The molecular formula is C23H22BrN5O4. The molecule has 0 amide bonds. The second-order valence-corrected chi connectivity index (χ2v) is 8.73. The van der Waals surface area contributed by atoms with Gasteiger partial charge >= 0.3 is 11.2 Å². The number of aromatic nitrogens is 3. The lowest BCUT2D eigenvalue weighted by Gasteiger charge is -2.27. The number of fused-ring (bicyclic) bond motifs is 3. The summed E-state index contributed by atoms with van der Waals surface area (Å²) in [6.45, 7) is 3.84. The van der Waals surface area contributed by atoms with E-state index in [2.05, 4.69) is 35.9 Å². The fraction of sp³-hybridized carbons (Fsp3) is 0.261. The highest BCUT2D eigenvalue weighted by molar-refractivity contribution is 9.10. The van der Waals surface area contributed by atoms with Gasteiger partial charge in [-0.2, -0.15) is 5.10 Å². The molecule has 0 saturated carbocycles. The first-order valence-corrected chi connectivity index (χ1v) is 11.3. The number of methoxy groups -OCH3 is 1. The highest BCUT2D eigenvalue weighted by atomic mass is 79.9. The van der Waals surface area contributed by atoms with Gasteiger partial charge in [0.25, 0.3) is 0 Å².